The van der Waals surface area contributed by atoms with E-state index in [1.54, 1.807) is 0 Å². The number of anilines is 1. The molecule has 1 heterocycles. The minimum atomic E-state index is -0.515. The van der Waals surface area contributed by atoms with Gasteiger partial charge in [-0.3, -0.25) is 10.1 Å². The summed E-state index contributed by atoms with van der Waals surface area (Å²) in [5, 5.41) is 11.2. The van der Waals surface area contributed by atoms with Crippen molar-refractivity contribution in [1.29, 1.82) is 0 Å². The lowest BCUT2D eigenvalue weighted by Crippen LogP contribution is -2.48. The fourth-order valence-corrected chi connectivity index (χ4v) is 2.40. The van der Waals surface area contributed by atoms with Gasteiger partial charge in [0.1, 0.15) is 5.69 Å². The van der Waals surface area contributed by atoms with Crippen LogP contribution >= 0.6 is 0 Å². The number of nitro groups is 1. The minimum Gasteiger partial charge on any atom is -0.465 e. The van der Waals surface area contributed by atoms with E-state index >= 15 is 0 Å². The number of hydrogen-bond acceptors (Lipinski definition) is 6. The Labute approximate surface area is 122 Å². The molecule has 1 aromatic carbocycles. The van der Waals surface area contributed by atoms with E-state index in [-0.39, 0.29) is 5.69 Å². The van der Waals surface area contributed by atoms with Gasteiger partial charge in [-0.25, -0.2) is 4.79 Å². The van der Waals surface area contributed by atoms with Crippen LogP contribution in [0.2, 0.25) is 0 Å². The number of carbonyl (C=O) groups excluding carboxylic acids is 1. The number of morpholine rings is 1. The maximum atomic E-state index is 11.6. The fourth-order valence-electron chi connectivity index (χ4n) is 2.40. The highest BCUT2D eigenvalue weighted by molar-refractivity contribution is 5.91. The molecule has 0 N–H and O–H groups in total. The summed E-state index contributed by atoms with van der Waals surface area (Å²) in [6.07, 6.45) is 0. The molecule has 0 radical (unpaired) electrons. The second kappa shape index (κ2) is 5.69. The van der Waals surface area contributed by atoms with Crippen molar-refractivity contribution in [2.45, 2.75) is 19.4 Å². The molecule has 1 aromatic rings. The normalized spacial score (nSPS) is 17.4. The third kappa shape index (κ3) is 3.30. The van der Waals surface area contributed by atoms with Crippen LogP contribution in [-0.4, -0.2) is 43.3 Å². The summed E-state index contributed by atoms with van der Waals surface area (Å²) in [4.78, 5) is 24.3. The molecule has 7 nitrogen and oxygen atoms in total. The highest BCUT2D eigenvalue weighted by Gasteiger charge is 2.31. The van der Waals surface area contributed by atoms with Crippen LogP contribution in [0.1, 0.15) is 24.2 Å². The van der Waals surface area contributed by atoms with Crippen LogP contribution in [0.5, 0.6) is 0 Å². The van der Waals surface area contributed by atoms with E-state index in [1.807, 2.05) is 18.7 Å². The molecule has 1 aliphatic heterocycles. The largest absolute Gasteiger partial charge is 0.465 e. The second-order valence-electron chi connectivity index (χ2n) is 5.48. The van der Waals surface area contributed by atoms with Gasteiger partial charge in [-0.15, -0.1) is 0 Å². The van der Waals surface area contributed by atoms with Crippen LogP contribution in [0.4, 0.5) is 11.4 Å². The molecule has 7 heteroatoms. The summed E-state index contributed by atoms with van der Waals surface area (Å²) in [5.74, 6) is -0.515. The average molecular weight is 294 g/mol. The Morgan fingerprint density at radius 3 is 2.76 bits per heavy atom. The van der Waals surface area contributed by atoms with E-state index in [0.717, 1.165) is 0 Å². The van der Waals surface area contributed by atoms with Crippen molar-refractivity contribution in [2.75, 3.05) is 31.7 Å². The Bertz CT molecular complexity index is 570. The van der Waals surface area contributed by atoms with E-state index in [9.17, 15) is 14.9 Å². The predicted molar refractivity (Wildman–Crippen MR) is 76.7 cm³/mol. The molecule has 1 saturated heterocycles. The number of esters is 1. The van der Waals surface area contributed by atoms with Crippen molar-refractivity contribution in [1.82, 2.24) is 0 Å². The maximum Gasteiger partial charge on any atom is 0.337 e. The summed E-state index contributed by atoms with van der Waals surface area (Å²) >= 11 is 0. The average Bonchev–Trinajstić information content (AvgIpc) is 2.44. The molecule has 0 atom stereocenters. The topological polar surface area (TPSA) is 81.9 Å². The molecule has 0 saturated carbocycles. The standard InChI is InChI=1S/C14H18N2O5/c1-14(2)9-15(6-7-21-14)12-8-10(13(17)20-3)4-5-11(12)16(18)19/h4-5,8H,6-7,9H2,1-3H3. The van der Waals surface area contributed by atoms with E-state index in [1.165, 1.54) is 25.3 Å². The van der Waals surface area contributed by atoms with Gasteiger partial charge in [-0.05, 0) is 26.0 Å². The number of carbonyl (C=O) groups is 1. The van der Waals surface area contributed by atoms with Crippen molar-refractivity contribution in [3.63, 3.8) is 0 Å². The number of nitrogens with zero attached hydrogens (tertiary/aromatic N) is 2. The fraction of sp³-hybridized carbons (Fsp3) is 0.500. The molecule has 0 aromatic heterocycles. The van der Waals surface area contributed by atoms with Gasteiger partial charge in [-0.1, -0.05) is 0 Å². The van der Waals surface area contributed by atoms with Gasteiger partial charge in [0.05, 0.1) is 29.8 Å². The Hall–Kier alpha value is -2.15. The molecular formula is C14H18N2O5. The Morgan fingerprint density at radius 1 is 1.48 bits per heavy atom. The number of methoxy groups -OCH3 is 1. The van der Waals surface area contributed by atoms with Crippen LogP contribution in [0.3, 0.4) is 0 Å². The van der Waals surface area contributed by atoms with Gasteiger partial charge >= 0.3 is 5.97 Å². The molecule has 1 aliphatic rings. The van der Waals surface area contributed by atoms with Gasteiger partial charge < -0.3 is 14.4 Å². The smallest absolute Gasteiger partial charge is 0.337 e. The van der Waals surface area contributed by atoms with Crippen molar-refractivity contribution < 1.29 is 19.2 Å². The molecule has 0 aliphatic carbocycles. The molecule has 0 unspecified atom stereocenters. The lowest BCUT2D eigenvalue weighted by Gasteiger charge is -2.39. The maximum absolute atomic E-state index is 11.6. The second-order valence-corrected chi connectivity index (χ2v) is 5.48. The van der Waals surface area contributed by atoms with Gasteiger partial charge in [0.15, 0.2) is 0 Å². The molecular weight excluding hydrogens is 276 g/mol. The van der Waals surface area contributed by atoms with E-state index in [0.29, 0.717) is 30.9 Å². The molecule has 0 spiro atoms. The zero-order valence-electron chi connectivity index (χ0n) is 12.3. The van der Waals surface area contributed by atoms with Crippen molar-refractivity contribution in [3.05, 3.63) is 33.9 Å². The molecule has 1 fully saturated rings. The monoisotopic (exact) mass is 294 g/mol. The number of rotatable bonds is 3. The quantitative estimate of drug-likeness (QED) is 0.482. The number of ether oxygens (including phenoxy) is 2. The Kier molecular flexibility index (Phi) is 4.13. The zero-order chi connectivity index (χ0) is 15.6. The third-order valence-electron chi connectivity index (χ3n) is 3.36. The lowest BCUT2D eigenvalue weighted by molar-refractivity contribution is -0.384. The zero-order valence-corrected chi connectivity index (χ0v) is 12.3. The van der Waals surface area contributed by atoms with Gasteiger partial charge in [0.2, 0.25) is 0 Å². The number of benzene rings is 1. The van der Waals surface area contributed by atoms with Gasteiger partial charge in [0, 0.05) is 19.2 Å². The first-order chi connectivity index (χ1) is 9.84. The van der Waals surface area contributed by atoms with Crippen LogP contribution in [0.25, 0.3) is 0 Å². The molecule has 21 heavy (non-hydrogen) atoms. The highest BCUT2D eigenvalue weighted by atomic mass is 16.6. The number of hydrogen-bond donors (Lipinski definition) is 0. The Balaban J connectivity index is 2.43. The first kappa shape index (κ1) is 15.2. The summed E-state index contributed by atoms with van der Waals surface area (Å²) in [6, 6.07) is 4.24. The number of nitro benzene ring substituents is 1. The summed E-state index contributed by atoms with van der Waals surface area (Å²) < 4.78 is 10.3. The molecule has 114 valence electrons. The molecule has 0 bridgehead atoms. The first-order valence-electron chi connectivity index (χ1n) is 6.60. The third-order valence-corrected chi connectivity index (χ3v) is 3.36. The van der Waals surface area contributed by atoms with Gasteiger partial charge in [-0.2, -0.15) is 0 Å². The van der Waals surface area contributed by atoms with E-state index in [4.69, 9.17) is 4.74 Å². The molecule has 0 amide bonds. The van der Waals surface area contributed by atoms with Crippen molar-refractivity contribution >= 4 is 17.3 Å². The molecule has 2 rings (SSSR count). The van der Waals surface area contributed by atoms with Crippen LogP contribution in [-0.2, 0) is 9.47 Å². The minimum absolute atomic E-state index is 0.0275. The summed E-state index contributed by atoms with van der Waals surface area (Å²) in [5.41, 5.74) is 0.287. The van der Waals surface area contributed by atoms with Crippen LogP contribution in [0.15, 0.2) is 18.2 Å². The highest BCUT2D eigenvalue weighted by Crippen LogP contribution is 2.32. The van der Waals surface area contributed by atoms with Crippen LogP contribution in [0, 0.1) is 10.1 Å². The SMILES string of the molecule is COC(=O)c1ccc([N+](=O)[O-])c(N2CCOC(C)(C)C2)c1. The van der Waals surface area contributed by atoms with Crippen LogP contribution < -0.4 is 4.90 Å². The summed E-state index contributed by atoms with van der Waals surface area (Å²) in [7, 11) is 1.28. The summed E-state index contributed by atoms with van der Waals surface area (Å²) in [6.45, 7) is 5.38. The predicted octanol–water partition coefficient (Wildman–Crippen LogP) is 2.00. The lowest BCUT2D eigenvalue weighted by atomic mass is 10.1. The van der Waals surface area contributed by atoms with E-state index < -0.39 is 16.5 Å². The van der Waals surface area contributed by atoms with E-state index in [2.05, 4.69) is 4.74 Å². The van der Waals surface area contributed by atoms with Gasteiger partial charge in [0.25, 0.3) is 5.69 Å². The first-order valence-corrected chi connectivity index (χ1v) is 6.60. The van der Waals surface area contributed by atoms with Crippen molar-refractivity contribution in [3.8, 4) is 0 Å². The van der Waals surface area contributed by atoms with Crippen molar-refractivity contribution in [2.24, 2.45) is 0 Å². The Morgan fingerprint density at radius 2 is 2.19 bits per heavy atom.